The monoisotopic (exact) mass is 409 g/mol. The van der Waals surface area contributed by atoms with Crippen LogP contribution in [0.5, 0.6) is 11.5 Å². The molecular formula is C25H31NO4. The van der Waals surface area contributed by atoms with Crippen molar-refractivity contribution in [2.75, 3.05) is 32.8 Å². The van der Waals surface area contributed by atoms with Gasteiger partial charge in [0.2, 0.25) is 0 Å². The highest BCUT2D eigenvalue weighted by Gasteiger charge is 2.28. The minimum absolute atomic E-state index is 0.131. The van der Waals surface area contributed by atoms with Crippen LogP contribution in [0.4, 0.5) is 0 Å². The summed E-state index contributed by atoms with van der Waals surface area (Å²) in [5, 5.41) is 11.2. The van der Waals surface area contributed by atoms with Crippen LogP contribution in [0.15, 0.2) is 48.5 Å². The summed E-state index contributed by atoms with van der Waals surface area (Å²) in [5.74, 6) is 1.47. The standard InChI is InChI=1S/C25H31NO4/c27-22(10-8-19-6-2-1-3-7-19)16-21(18-26-12-4-5-13-26)25(28)20-9-11-23-24(17-20)30-15-14-29-23/h1-3,6-7,9,11,17,21,25,28H,4-5,8,10,12-16,18H2. The van der Waals surface area contributed by atoms with Crippen LogP contribution >= 0.6 is 0 Å². The lowest BCUT2D eigenvalue weighted by Crippen LogP contribution is -2.32. The van der Waals surface area contributed by atoms with Crippen molar-refractivity contribution >= 4 is 5.78 Å². The molecule has 0 radical (unpaired) electrons. The maximum absolute atomic E-state index is 12.8. The van der Waals surface area contributed by atoms with Crippen molar-refractivity contribution in [2.45, 2.75) is 38.2 Å². The van der Waals surface area contributed by atoms with E-state index in [4.69, 9.17) is 9.47 Å². The number of benzene rings is 2. The molecule has 2 atom stereocenters. The van der Waals surface area contributed by atoms with Crippen molar-refractivity contribution in [1.29, 1.82) is 0 Å². The molecule has 2 unspecified atom stereocenters. The number of rotatable bonds is 9. The molecule has 0 aliphatic carbocycles. The Morgan fingerprint density at radius 1 is 1.00 bits per heavy atom. The van der Waals surface area contributed by atoms with Crippen LogP contribution in [-0.4, -0.2) is 48.6 Å². The second-order valence-corrected chi connectivity index (χ2v) is 8.34. The summed E-state index contributed by atoms with van der Waals surface area (Å²) >= 11 is 0. The van der Waals surface area contributed by atoms with E-state index >= 15 is 0 Å². The highest BCUT2D eigenvalue weighted by Crippen LogP contribution is 2.35. The molecule has 0 spiro atoms. The molecule has 0 aromatic heterocycles. The van der Waals surface area contributed by atoms with Crippen LogP contribution in [-0.2, 0) is 11.2 Å². The Hall–Kier alpha value is -2.37. The Labute approximate surface area is 178 Å². The van der Waals surface area contributed by atoms with Crippen molar-refractivity contribution in [1.82, 2.24) is 4.90 Å². The van der Waals surface area contributed by atoms with E-state index in [0.29, 0.717) is 37.6 Å². The number of carbonyl (C=O) groups excluding carboxylic acids is 1. The van der Waals surface area contributed by atoms with Gasteiger partial charge in [0, 0.05) is 25.3 Å². The minimum atomic E-state index is -0.706. The zero-order valence-electron chi connectivity index (χ0n) is 17.5. The van der Waals surface area contributed by atoms with Gasteiger partial charge >= 0.3 is 0 Å². The topological polar surface area (TPSA) is 59.0 Å². The van der Waals surface area contributed by atoms with Crippen molar-refractivity contribution < 1.29 is 19.4 Å². The number of hydrogen-bond donors (Lipinski definition) is 1. The van der Waals surface area contributed by atoms with Crippen molar-refractivity contribution in [3.8, 4) is 11.5 Å². The van der Waals surface area contributed by atoms with E-state index in [1.807, 2.05) is 36.4 Å². The maximum Gasteiger partial charge on any atom is 0.161 e. The van der Waals surface area contributed by atoms with Gasteiger partial charge in [0.25, 0.3) is 0 Å². The van der Waals surface area contributed by atoms with E-state index in [-0.39, 0.29) is 11.7 Å². The summed E-state index contributed by atoms with van der Waals surface area (Å²) in [6, 6.07) is 15.7. The third-order valence-electron chi connectivity index (χ3n) is 6.07. The molecule has 0 amide bonds. The van der Waals surface area contributed by atoms with E-state index in [1.54, 1.807) is 0 Å². The van der Waals surface area contributed by atoms with Gasteiger partial charge in [-0.3, -0.25) is 4.79 Å². The molecule has 2 aromatic carbocycles. The van der Waals surface area contributed by atoms with Gasteiger partial charge in [0.1, 0.15) is 19.0 Å². The molecule has 2 aliphatic heterocycles. The molecule has 5 nitrogen and oxygen atoms in total. The molecule has 1 N–H and O–H groups in total. The third-order valence-corrected chi connectivity index (χ3v) is 6.07. The number of aliphatic hydroxyl groups excluding tert-OH is 1. The third kappa shape index (κ3) is 5.41. The summed E-state index contributed by atoms with van der Waals surface area (Å²) < 4.78 is 11.3. The number of nitrogens with zero attached hydrogens (tertiary/aromatic N) is 1. The zero-order chi connectivity index (χ0) is 20.8. The lowest BCUT2D eigenvalue weighted by atomic mass is 9.89. The number of likely N-dealkylation sites (tertiary alicyclic amines) is 1. The number of fused-ring (bicyclic) bond motifs is 1. The minimum Gasteiger partial charge on any atom is -0.486 e. The summed E-state index contributed by atoms with van der Waals surface area (Å²) in [5.41, 5.74) is 1.97. The molecule has 1 saturated heterocycles. The maximum atomic E-state index is 12.8. The fourth-order valence-electron chi connectivity index (χ4n) is 4.41. The number of Topliss-reactive ketones (excluding diaryl/α,β-unsaturated/α-hetero) is 1. The lowest BCUT2D eigenvalue weighted by molar-refractivity contribution is -0.121. The van der Waals surface area contributed by atoms with Crippen LogP contribution < -0.4 is 9.47 Å². The molecule has 160 valence electrons. The number of aliphatic hydroxyl groups is 1. The first-order valence-corrected chi connectivity index (χ1v) is 11.0. The quantitative estimate of drug-likeness (QED) is 0.683. The molecule has 2 aromatic rings. The SMILES string of the molecule is O=C(CCc1ccccc1)CC(CN1CCCC1)C(O)c1ccc2c(c1)OCCO2. The van der Waals surface area contributed by atoms with Gasteiger partial charge in [-0.2, -0.15) is 0 Å². The molecule has 2 aliphatic rings. The molecule has 0 bridgehead atoms. The van der Waals surface area contributed by atoms with Gasteiger partial charge in [-0.05, 0) is 55.6 Å². The first-order chi connectivity index (χ1) is 14.7. The molecule has 5 heteroatoms. The van der Waals surface area contributed by atoms with Gasteiger partial charge in [-0.1, -0.05) is 36.4 Å². The zero-order valence-corrected chi connectivity index (χ0v) is 17.5. The van der Waals surface area contributed by atoms with E-state index in [2.05, 4.69) is 17.0 Å². The summed E-state index contributed by atoms with van der Waals surface area (Å²) in [7, 11) is 0. The highest BCUT2D eigenvalue weighted by atomic mass is 16.6. The fourth-order valence-corrected chi connectivity index (χ4v) is 4.41. The Bertz CT molecular complexity index is 832. The number of ketones is 1. The van der Waals surface area contributed by atoms with E-state index in [9.17, 15) is 9.90 Å². The molecular weight excluding hydrogens is 378 g/mol. The highest BCUT2D eigenvalue weighted by molar-refractivity contribution is 5.79. The number of ether oxygens (including phenoxy) is 2. The predicted octanol–water partition coefficient (Wildman–Crippen LogP) is 3.80. The Balaban J connectivity index is 1.43. The summed E-state index contributed by atoms with van der Waals surface area (Å²) in [6.07, 6.45) is 3.31. The van der Waals surface area contributed by atoms with Crippen LogP contribution in [0.2, 0.25) is 0 Å². The van der Waals surface area contributed by atoms with Crippen LogP contribution in [0, 0.1) is 5.92 Å². The van der Waals surface area contributed by atoms with Gasteiger partial charge in [-0.25, -0.2) is 0 Å². The largest absolute Gasteiger partial charge is 0.486 e. The molecule has 4 rings (SSSR count). The van der Waals surface area contributed by atoms with E-state index in [0.717, 1.165) is 31.6 Å². The molecule has 0 saturated carbocycles. The summed E-state index contributed by atoms with van der Waals surface area (Å²) in [6.45, 7) is 3.89. The van der Waals surface area contributed by atoms with Gasteiger partial charge < -0.3 is 19.5 Å². The van der Waals surface area contributed by atoms with Crippen molar-refractivity contribution in [2.24, 2.45) is 5.92 Å². The molecule has 2 heterocycles. The first-order valence-electron chi connectivity index (χ1n) is 11.0. The second-order valence-electron chi connectivity index (χ2n) is 8.34. The number of carbonyl (C=O) groups is 1. The number of hydrogen-bond acceptors (Lipinski definition) is 5. The van der Waals surface area contributed by atoms with Crippen LogP contribution in [0.1, 0.15) is 42.9 Å². The predicted molar refractivity (Wildman–Crippen MR) is 116 cm³/mol. The Kier molecular flexibility index (Phi) is 7.03. The van der Waals surface area contributed by atoms with Crippen molar-refractivity contribution in [3.63, 3.8) is 0 Å². The van der Waals surface area contributed by atoms with Crippen LogP contribution in [0.25, 0.3) is 0 Å². The second kappa shape index (κ2) is 10.1. The van der Waals surface area contributed by atoms with Crippen LogP contribution in [0.3, 0.4) is 0 Å². The lowest BCUT2D eigenvalue weighted by Gasteiger charge is -2.28. The van der Waals surface area contributed by atoms with E-state index < -0.39 is 6.10 Å². The van der Waals surface area contributed by atoms with Gasteiger partial charge in [0.05, 0.1) is 6.10 Å². The Morgan fingerprint density at radius 3 is 2.50 bits per heavy atom. The van der Waals surface area contributed by atoms with Crippen molar-refractivity contribution in [3.05, 3.63) is 59.7 Å². The molecule has 1 fully saturated rings. The average Bonchev–Trinajstić information content (AvgIpc) is 3.30. The smallest absolute Gasteiger partial charge is 0.161 e. The van der Waals surface area contributed by atoms with Gasteiger partial charge in [0.15, 0.2) is 11.5 Å². The first kappa shape index (κ1) is 20.9. The normalized spacial score (nSPS) is 18.2. The number of aryl methyl sites for hydroxylation is 1. The fraction of sp³-hybridized carbons (Fsp3) is 0.480. The van der Waals surface area contributed by atoms with E-state index in [1.165, 1.54) is 18.4 Å². The average molecular weight is 410 g/mol. The Morgan fingerprint density at radius 2 is 1.73 bits per heavy atom. The summed E-state index contributed by atoms with van der Waals surface area (Å²) in [4.78, 5) is 15.2. The molecule has 30 heavy (non-hydrogen) atoms. The van der Waals surface area contributed by atoms with Gasteiger partial charge in [-0.15, -0.1) is 0 Å².